The summed E-state index contributed by atoms with van der Waals surface area (Å²) < 4.78 is 6.85. The summed E-state index contributed by atoms with van der Waals surface area (Å²) in [5, 5.41) is 3.49. The first kappa shape index (κ1) is 14.8. The minimum absolute atomic E-state index is 0.353. The monoisotopic (exact) mass is 326 g/mol. The van der Waals surface area contributed by atoms with Crippen LogP contribution in [-0.2, 0) is 4.74 Å². The number of ether oxygens (including phenoxy) is 1. The third-order valence-corrected chi connectivity index (χ3v) is 4.33. The van der Waals surface area contributed by atoms with Gasteiger partial charge >= 0.3 is 0 Å². The van der Waals surface area contributed by atoms with Gasteiger partial charge in [-0.05, 0) is 41.4 Å². The molecule has 0 spiro atoms. The molecule has 1 heterocycles. The molecule has 0 radical (unpaired) electrons. The molecule has 0 saturated carbocycles. The minimum atomic E-state index is 0.353. The predicted octanol–water partition coefficient (Wildman–Crippen LogP) is 3.36. The zero-order chi connectivity index (χ0) is 13.7. The average molecular weight is 327 g/mol. The van der Waals surface area contributed by atoms with E-state index in [9.17, 15) is 0 Å². The van der Waals surface area contributed by atoms with Crippen molar-refractivity contribution in [1.82, 2.24) is 4.90 Å². The normalized spacial score (nSPS) is 24.4. The van der Waals surface area contributed by atoms with Crippen molar-refractivity contribution in [3.8, 4) is 0 Å². The van der Waals surface area contributed by atoms with Crippen molar-refractivity contribution < 1.29 is 4.74 Å². The van der Waals surface area contributed by atoms with Crippen molar-refractivity contribution in [2.24, 2.45) is 0 Å². The Morgan fingerprint density at radius 3 is 2.95 bits per heavy atom. The minimum Gasteiger partial charge on any atom is -0.383 e. The summed E-state index contributed by atoms with van der Waals surface area (Å²) in [6, 6.07) is 8.82. The van der Waals surface area contributed by atoms with Gasteiger partial charge in [-0.2, -0.15) is 0 Å². The molecule has 1 aliphatic rings. The molecule has 1 aromatic rings. The second-order valence-corrected chi connectivity index (χ2v) is 5.96. The number of hydrogen-bond acceptors (Lipinski definition) is 3. The molecule has 0 bridgehead atoms. The van der Waals surface area contributed by atoms with E-state index in [0.717, 1.165) is 42.8 Å². The first-order valence-electron chi connectivity index (χ1n) is 7.04. The number of anilines is 1. The van der Waals surface area contributed by atoms with Gasteiger partial charge in [0.2, 0.25) is 0 Å². The van der Waals surface area contributed by atoms with Crippen molar-refractivity contribution in [3.63, 3.8) is 0 Å². The second-order valence-electron chi connectivity index (χ2n) is 5.11. The molecule has 1 N–H and O–H groups in total. The van der Waals surface area contributed by atoms with Crippen molar-refractivity contribution in [3.05, 3.63) is 28.7 Å². The number of hydrogen-bond donors (Lipinski definition) is 1. The fraction of sp³-hybridized carbons (Fsp3) is 0.600. The third kappa shape index (κ3) is 4.20. The number of para-hydroxylation sites is 1. The van der Waals surface area contributed by atoms with Gasteiger partial charge in [-0.1, -0.05) is 19.1 Å². The van der Waals surface area contributed by atoms with E-state index in [4.69, 9.17) is 4.74 Å². The fourth-order valence-corrected chi connectivity index (χ4v) is 2.93. The van der Waals surface area contributed by atoms with Crippen LogP contribution >= 0.6 is 15.9 Å². The summed E-state index contributed by atoms with van der Waals surface area (Å²) >= 11 is 3.56. The van der Waals surface area contributed by atoms with Gasteiger partial charge in [0.25, 0.3) is 0 Å². The summed E-state index contributed by atoms with van der Waals surface area (Å²) in [5.41, 5.74) is 1.16. The highest BCUT2D eigenvalue weighted by atomic mass is 79.9. The van der Waals surface area contributed by atoms with Crippen LogP contribution in [0.25, 0.3) is 0 Å². The van der Waals surface area contributed by atoms with E-state index in [1.807, 2.05) is 6.07 Å². The molecule has 19 heavy (non-hydrogen) atoms. The van der Waals surface area contributed by atoms with E-state index >= 15 is 0 Å². The molecule has 1 saturated heterocycles. The number of rotatable bonds is 5. The number of benzene rings is 1. The maximum Gasteiger partial charge on any atom is 0.0674 e. The lowest BCUT2D eigenvalue weighted by molar-refractivity contribution is -0.0541. The molecule has 106 valence electrons. The number of halogens is 1. The Hall–Kier alpha value is -0.580. The molecule has 3 nitrogen and oxygen atoms in total. The molecular weight excluding hydrogens is 304 g/mol. The zero-order valence-electron chi connectivity index (χ0n) is 11.7. The van der Waals surface area contributed by atoms with Gasteiger partial charge in [-0.3, -0.25) is 4.90 Å². The Bertz CT molecular complexity index is 399. The van der Waals surface area contributed by atoms with E-state index < -0.39 is 0 Å². The van der Waals surface area contributed by atoms with Gasteiger partial charge in [-0.15, -0.1) is 0 Å². The SMILES string of the molecule is CCC1COC(C)CN1CCNc1ccccc1Br. The van der Waals surface area contributed by atoms with Gasteiger partial charge < -0.3 is 10.1 Å². The van der Waals surface area contributed by atoms with E-state index in [-0.39, 0.29) is 0 Å². The van der Waals surface area contributed by atoms with Crippen LogP contribution in [0.1, 0.15) is 20.3 Å². The van der Waals surface area contributed by atoms with Gasteiger partial charge in [-0.25, -0.2) is 0 Å². The fourth-order valence-electron chi connectivity index (χ4n) is 2.50. The molecule has 1 aromatic carbocycles. The summed E-state index contributed by atoms with van der Waals surface area (Å²) in [5.74, 6) is 0. The standard InChI is InChI=1S/C15H23BrN2O/c1-3-13-11-19-12(2)10-18(13)9-8-17-15-7-5-4-6-14(15)16/h4-7,12-13,17H,3,8-11H2,1-2H3. The van der Waals surface area contributed by atoms with Crippen molar-refractivity contribution >= 4 is 21.6 Å². The lowest BCUT2D eigenvalue weighted by Crippen LogP contribution is -2.49. The molecule has 2 rings (SSSR count). The lowest BCUT2D eigenvalue weighted by Gasteiger charge is -2.38. The molecule has 0 aromatic heterocycles. The van der Waals surface area contributed by atoms with Crippen LogP contribution in [0.2, 0.25) is 0 Å². The molecule has 0 amide bonds. The van der Waals surface area contributed by atoms with Crippen molar-refractivity contribution in [1.29, 1.82) is 0 Å². The zero-order valence-corrected chi connectivity index (χ0v) is 13.3. The Balaban J connectivity index is 1.82. The quantitative estimate of drug-likeness (QED) is 0.897. The molecule has 4 heteroatoms. The first-order chi connectivity index (χ1) is 9.20. The van der Waals surface area contributed by atoms with E-state index in [1.165, 1.54) is 0 Å². The average Bonchev–Trinajstić information content (AvgIpc) is 2.41. The van der Waals surface area contributed by atoms with Crippen LogP contribution in [0.15, 0.2) is 28.7 Å². The summed E-state index contributed by atoms with van der Waals surface area (Å²) in [7, 11) is 0. The largest absolute Gasteiger partial charge is 0.383 e. The molecular formula is C15H23BrN2O. The van der Waals surface area contributed by atoms with Gasteiger partial charge in [0.1, 0.15) is 0 Å². The predicted molar refractivity (Wildman–Crippen MR) is 83.7 cm³/mol. The molecule has 1 aliphatic heterocycles. The van der Waals surface area contributed by atoms with Crippen molar-refractivity contribution in [2.45, 2.75) is 32.4 Å². The lowest BCUT2D eigenvalue weighted by atomic mass is 10.1. The third-order valence-electron chi connectivity index (χ3n) is 3.64. The Labute approximate surface area is 124 Å². The van der Waals surface area contributed by atoms with Crippen LogP contribution in [0.3, 0.4) is 0 Å². The summed E-state index contributed by atoms with van der Waals surface area (Å²) in [4.78, 5) is 2.54. The molecule has 1 fully saturated rings. The first-order valence-corrected chi connectivity index (χ1v) is 7.84. The number of nitrogens with one attached hydrogen (secondary N) is 1. The molecule has 0 aliphatic carbocycles. The summed E-state index contributed by atoms with van der Waals surface area (Å²) in [6.45, 7) is 8.32. The smallest absolute Gasteiger partial charge is 0.0674 e. The van der Waals surface area contributed by atoms with E-state index in [1.54, 1.807) is 0 Å². The van der Waals surface area contributed by atoms with Crippen LogP contribution in [0, 0.1) is 0 Å². The highest BCUT2D eigenvalue weighted by molar-refractivity contribution is 9.10. The Morgan fingerprint density at radius 1 is 1.42 bits per heavy atom. The van der Waals surface area contributed by atoms with Crippen molar-refractivity contribution in [2.75, 3.05) is 31.6 Å². The van der Waals surface area contributed by atoms with Crippen LogP contribution in [0.4, 0.5) is 5.69 Å². The van der Waals surface area contributed by atoms with Crippen LogP contribution < -0.4 is 5.32 Å². The highest BCUT2D eigenvalue weighted by Crippen LogP contribution is 2.21. The van der Waals surface area contributed by atoms with Gasteiger partial charge in [0.15, 0.2) is 0 Å². The molecule has 2 unspecified atom stereocenters. The van der Waals surface area contributed by atoms with Crippen LogP contribution in [-0.4, -0.2) is 43.3 Å². The van der Waals surface area contributed by atoms with E-state index in [0.29, 0.717) is 12.1 Å². The van der Waals surface area contributed by atoms with E-state index in [2.05, 4.69) is 58.2 Å². The number of nitrogens with zero attached hydrogens (tertiary/aromatic N) is 1. The maximum absolute atomic E-state index is 5.73. The van der Waals surface area contributed by atoms with Gasteiger partial charge in [0, 0.05) is 35.8 Å². The second kappa shape index (κ2) is 7.27. The summed E-state index contributed by atoms with van der Waals surface area (Å²) in [6.07, 6.45) is 1.51. The van der Waals surface area contributed by atoms with Gasteiger partial charge in [0.05, 0.1) is 12.7 Å². The maximum atomic E-state index is 5.73. The Morgan fingerprint density at radius 2 is 2.21 bits per heavy atom. The molecule has 2 atom stereocenters. The Kier molecular flexibility index (Phi) is 5.67. The van der Waals surface area contributed by atoms with Crippen LogP contribution in [0.5, 0.6) is 0 Å². The highest BCUT2D eigenvalue weighted by Gasteiger charge is 2.24. The topological polar surface area (TPSA) is 24.5 Å². The number of morpholine rings is 1.